The van der Waals surface area contributed by atoms with Crippen LogP contribution in [0.2, 0.25) is 5.02 Å². The molecule has 23 heavy (non-hydrogen) atoms. The Morgan fingerprint density at radius 1 is 1.43 bits per heavy atom. The Morgan fingerprint density at radius 3 is 2.96 bits per heavy atom. The largest absolute Gasteiger partial charge is 0.506 e. The van der Waals surface area contributed by atoms with Gasteiger partial charge in [-0.15, -0.1) is 0 Å². The molecule has 120 valence electrons. The molecule has 1 amide bonds. The van der Waals surface area contributed by atoms with Crippen molar-refractivity contribution in [3.05, 3.63) is 55.0 Å². The summed E-state index contributed by atoms with van der Waals surface area (Å²) in [5.41, 5.74) is 2.81. The Balaban J connectivity index is 1.89. The van der Waals surface area contributed by atoms with Gasteiger partial charge in [-0.25, -0.2) is 5.43 Å². The van der Waals surface area contributed by atoms with E-state index in [0.717, 1.165) is 4.47 Å². The minimum atomic E-state index is -0.426. The van der Waals surface area contributed by atoms with Crippen molar-refractivity contribution < 1.29 is 14.6 Å². The first-order valence-corrected chi connectivity index (χ1v) is 8.59. The molecule has 0 aromatic heterocycles. The molecule has 0 bridgehead atoms. The average Bonchev–Trinajstić information content (AvgIpc) is 2.50. The second-order valence-corrected chi connectivity index (χ2v) is 6.88. The van der Waals surface area contributed by atoms with Crippen LogP contribution in [0.5, 0.6) is 11.5 Å². The molecule has 0 aliphatic heterocycles. The number of ether oxygens (including phenoxy) is 1. The standard InChI is InChI=1S/C15H11BrClIN2O3/c16-10-4-9(15(22)13(18)5-10)7-19-20-14(21)8-23-12-3-1-2-11(17)6-12/h1-7,22H,8H2,(H,20,21)/b19-7-. The number of hydrazone groups is 1. The van der Waals surface area contributed by atoms with Gasteiger partial charge in [-0.2, -0.15) is 5.10 Å². The number of carbonyl (C=O) groups is 1. The lowest BCUT2D eigenvalue weighted by molar-refractivity contribution is -0.123. The van der Waals surface area contributed by atoms with Gasteiger partial charge in [-0.3, -0.25) is 4.79 Å². The molecule has 0 saturated carbocycles. The number of aromatic hydroxyl groups is 1. The number of hydrogen-bond donors (Lipinski definition) is 2. The topological polar surface area (TPSA) is 70.9 Å². The van der Waals surface area contributed by atoms with Crippen molar-refractivity contribution in [3.63, 3.8) is 0 Å². The number of phenolic OH excluding ortho intramolecular Hbond substituents is 1. The van der Waals surface area contributed by atoms with Crippen LogP contribution in [0.25, 0.3) is 0 Å². The lowest BCUT2D eigenvalue weighted by Crippen LogP contribution is -2.24. The smallest absolute Gasteiger partial charge is 0.277 e. The van der Waals surface area contributed by atoms with Gasteiger partial charge in [0.1, 0.15) is 11.5 Å². The zero-order valence-electron chi connectivity index (χ0n) is 11.6. The number of carbonyl (C=O) groups excluding carboxylic acids is 1. The third-order valence-corrected chi connectivity index (χ3v) is 4.13. The molecule has 2 aromatic carbocycles. The summed E-state index contributed by atoms with van der Waals surface area (Å²) in [6, 6.07) is 10.2. The van der Waals surface area contributed by atoms with Gasteiger partial charge in [0.05, 0.1) is 9.78 Å². The molecule has 0 spiro atoms. The number of phenols is 1. The molecule has 0 fully saturated rings. The first-order valence-electron chi connectivity index (χ1n) is 6.34. The number of hydrogen-bond acceptors (Lipinski definition) is 4. The molecule has 5 nitrogen and oxygen atoms in total. The number of rotatable bonds is 5. The molecular weight excluding hydrogens is 498 g/mol. The van der Waals surface area contributed by atoms with E-state index in [1.54, 1.807) is 36.4 Å². The predicted octanol–water partition coefficient (Wildman–Crippen LogP) is 3.94. The molecule has 2 N–H and O–H groups in total. The monoisotopic (exact) mass is 508 g/mol. The van der Waals surface area contributed by atoms with Crippen LogP contribution in [0, 0.1) is 3.57 Å². The van der Waals surface area contributed by atoms with Crippen LogP contribution < -0.4 is 10.2 Å². The van der Waals surface area contributed by atoms with E-state index in [0.29, 0.717) is 19.9 Å². The summed E-state index contributed by atoms with van der Waals surface area (Å²) >= 11 is 11.2. The van der Waals surface area contributed by atoms with Crippen LogP contribution in [0.4, 0.5) is 0 Å². The lowest BCUT2D eigenvalue weighted by Gasteiger charge is -2.05. The van der Waals surface area contributed by atoms with Gasteiger partial charge in [0.15, 0.2) is 6.61 Å². The zero-order valence-corrected chi connectivity index (χ0v) is 16.1. The second-order valence-electron chi connectivity index (χ2n) is 4.36. The maximum atomic E-state index is 11.7. The quantitative estimate of drug-likeness (QED) is 0.365. The minimum absolute atomic E-state index is 0.0991. The molecule has 0 unspecified atom stereocenters. The van der Waals surface area contributed by atoms with Crippen LogP contribution >= 0.6 is 50.1 Å². The summed E-state index contributed by atoms with van der Waals surface area (Å²) in [5.74, 6) is 0.170. The molecule has 0 heterocycles. The summed E-state index contributed by atoms with van der Waals surface area (Å²) in [6.07, 6.45) is 1.36. The highest BCUT2D eigenvalue weighted by Crippen LogP contribution is 2.27. The molecule has 0 saturated heterocycles. The van der Waals surface area contributed by atoms with E-state index in [1.807, 2.05) is 22.6 Å². The molecule has 2 aromatic rings. The Morgan fingerprint density at radius 2 is 2.22 bits per heavy atom. The predicted molar refractivity (Wildman–Crippen MR) is 101 cm³/mol. The first kappa shape index (κ1) is 18.0. The van der Waals surface area contributed by atoms with Crippen molar-refractivity contribution in [1.29, 1.82) is 0 Å². The van der Waals surface area contributed by atoms with E-state index in [4.69, 9.17) is 16.3 Å². The van der Waals surface area contributed by atoms with Crippen LogP contribution in [0.3, 0.4) is 0 Å². The molecule has 0 radical (unpaired) electrons. The average molecular weight is 510 g/mol. The fourth-order valence-corrected chi connectivity index (χ4v) is 3.33. The van der Waals surface area contributed by atoms with Gasteiger partial charge < -0.3 is 9.84 Å². The van der Waals surface area contributed by atoms with Crippen molar-refractivity contribution in [1.82, 2.24) is 5.43 Å². The Kier molecular flexibility index (Phi) is 6.67. The van der Waals surface area contributed by atoms with E-state index in [2.05, 4.69) is 26.5 Å². The fraction of sp³-hybridized carbons (Fsp3) is 0.0667. The molecule has 0 aliphatic carbocycles. The fourth-order valence-electron chi connectivity index (χ4n) is 1.60. The summed E-state index contributed by atoms with van der Waals surface area (Å²) in [7, 11) is 0. The van der Waals surface area contributed by atoms with Gasteiger partial charge in [0.25, 0.3) is 5.91 Å². The van der Waals surface area contributed by atoms with Crippen LogP contribution in [-0.2, 0) is 4.79 Å². The Bertz CT molecular complexity index is 755. The third-order valence-electron chi connectivity index (χ3n) is 2.62. The summed E-state index contributed by atoms with van der Waals surface area (Å²) in [4.78, 5) is 11.7. The van der Waals surface area contributed by atoms with Gasteiger partial charge in [-0.1, -0.05) is 33.6 Å². The van der Waals surface area contributed by atoms with E-state index >= 15 is 0 Å². The highest BCUT2D eigenvalue weighted by molar-refractivity contribution is 14.1. The summed E-state index contributed by atoms with van der Waals surface area (Å²) in [6.45, 7) is -0.195. The summed E-state index contributed by atoms with van der Waals surface area (Å²) in [5, 5.41) is 14.2. The number of amides is 1. The van der Waals surface area contributed by atoms with Crippen molar-refractivity contribution in [2.75, 3.05) is 6.61 Å². The third kappa shape index (κ3) is 5.67. The van der Waals surface area contributed by atoms with Crippen molar-refractivity contribution in [2.45, 2.75) is 0 Å². The van der Waals surface area contributed by atoms with Crippen molar-refractivity contribution in [3.8, 4) is 11.5 Å². The molecular formula is C15H11BrClIN2O3. The van der Waals surface area contributed by atoms with Crippen LogP contribution in [0.1, 0.15) is 5.56 Å². The normalized spacial score (nSPS) is 10.7. The second kappa shape index (κ2) is 8.51. The highest BCUT2D eigenvalue weighted by Gasteiger charge is 2.06. The van der Waals surface area contributed by atoms with E-state index < -0.39 is 5.91 Å². The van der Waals surface area contributed by atoms with Crippen LogP contribution in [0.15, 0.2) is 46.0 Å². The first-order chi connectivity index (χ1) is 11.0. The number of nitrogens with one attached hydrogen (secondary N) is 1. The van der Waals surface area contributed by atoms with E-state index in [1.165, 1.54) is 6.21 Å². The summed E-state index contributed by atoms with van der Waals surface area (Å²) < 4.78 is 6.76. The van der Waals surface area contributed by atoms with Crippen LogP contribution in [-0.4, -0.2) is 23.8 Å². The zero-order chi connectivity index (χ0) is 16.8. The number of nitrogens with zero attached hydrogens (tertiary/aromatic N) is 1. The van der Waals surface area contributed by atoms with E-state index in [-0.39, 0.29) is 12.4 Å². The van der Waals surface area contributed by atoms with Gasteiger partial charge >= 0.3 is 0 Å². The van der Waals surface area contributed by atoms with Crippen molar-refractivity contribution >= 4 is 62.2 Å². The maximum Gasteiger partial charge on any atom is 0.277 e. The molecule has 0 aliphatic rings. The Labute approximate surface area is 160 Å². The van der Waals surface area contributed by atoms with Gasteiger partial charge in [-0.05, 0) is 52.9 Å². The maximum absolute atomic E-state index is 11.7. The van der Waals surface area contributed by atoms with E-state index in [9.17, 15) is 9.90 Å². The lowest BCUT2D eigenvalue weighted by atomic mass is 10.2. The molecule has 2 rings (SSSR count). The number of halogens is 3. The Hall–Kier alpha value is -1.32. The highest BCUT2D eigenvalue weighted by atomic mass is 127. The SMILES string of the molecule is O=C(COc1cccc(Cl)c1)N/N=C\c1cc(Br)cc(I)c1O. The molecule has 8 heteroatoms. The van der Waals surface area contributed by atoms with Gasteiger partial charge in [0.2, 0.25) is 0 Å². The number of benzene rings is 2. The molecule has 0 atom stereocenters. The van der Waals surface area contributed by atoms with Crippen molar-refractivity contribution in [2.24, 2.45) is 5.10 Å². The minimum Gasteiger partial charge on any atom is -0.506 e. The van der Waals surface area contributed by atoms with Gasteiger partial charge in [0, 0.05) is 15.1 Å².